The highest BCUT2D eigenvalue weighted by atomic mass is 16.2. The van der Waals surface area contributed by atoms with Crippen LogP contribution in [0, 0.1) is 6.92 Å². The van der Waals surface area contributed by atoms with Crippen molar-refractivity contribution in [1.29, 1.82) is 0 Å². The van der Waals surface area contributed by atoms with E-state index in [1.165, 1.54) is 0 Å². The molecule has 6 nitrogen and oxygen atoms in total. The molecular formula is C21H23N5O. The van der Waals surface area contributed by atoms with Crippen LogP contribution in [-0.2, 0) is 17.8 Å². The molecule has 0 radical (unpaired) electrons. The minimum atomic E-state index is 0.0672. The topological polar surface area (TPSA) is 66.8 Å². The Morgan fingerprint density at radius 1 is 1.19 bits per heavy atom. The maximum absolute atomic E-state index is 12.7. The number of aromatic nitrogens is 4. The lowest BCUT2D eigenvalue weighted by molar-refractivity contribution is -0.131. The summed E-state index contributed by atoms with van der Waals surface area (Å²) in [6, 6.07) is 14.0. The van der Waals surface area contributed by atoms with Crippen molar-refractivity contribution in [3.8, 4) is 0 Å². The summed E-state index contributed by atoms with van der Waals surface area (Å²) in [6.45, 7) is 5.61. The molecule has 2 heterocycles. The van der Waals surface area contributed by atoms with E-state index in [1.807, 2.05) is 54.4 Å². The zero-order valence-electron chi connectivity index (χ0n) is 15.6. The van der Waals surface area contributed by atoms with Crippen LogP contribution < -0.4 is 0 Å². The summed E-state index contributed by atoms with van der Waals surface area (Å²) in [5.74, 6) is 0.980. The number of likely N-dealkylation sites (N-methyl/N-ethyl adjacent to an activating group) is 1. The summed E-state index contributed by atoms with van der Waals surface area (Å²) in [5, 5.41) is 5.52. The second kappa shape index (κ2) is 7.23. The van der Waals surface area contributed by atoms with Gasteiger partial charge in [0.1, 0.15) is 12.4 Å². The molecule has 1 amide bonds. The Balaban J connectivity index is 1.43. The van der Waals surface area contributed by atoms with Crippen LogP contribution in [0.25, 0.3) is 21.9 Å². The van der Waals surface area contributed by atoms with Crippen molar-refractivity contribution < 1.29 is 4.79 Å². The van der Waals surface area contributed by atoms with Crippen LogP contribution in [0.3, 0.4) is 0 Å². The first-order valence-corrected chi connectivity index (χ1v) is 9.28. The van der Waals surface area contributed by atoms with Gasteiger partial charge in [-0.05, 0) is 31.5 Å². The van der Waals surface area contributed by atoms with Gasteiger partial charge >= 0.3 is 0 Å². The number of aromatic amines is 1. The van der Waals surface area contributed by atoms with Crippen LogP contribution in [0.4, 0.5) is 0 Å². The lowest BCUT2D eigenvalue weighted by Crippen LogP contribution is -2.35. The molecule has 27 heavy (non-hydrogen) atoms. The first-order valence-electron chi connectivity index (χ1n) is 9.28. The second-order valence-corrected chi connectivity index (χ2v) is 6.76. The number of benzene rings is 2. The molecule has 4 rings (SSSR count). The van der Waals surface area contributed by atoms with E-state index in [0.29, 0.717) is 19.5 Å². The minimum absolute atomic E-state index is 0.0672. The van der Waals surface area contributed by atoms with Crippen LogP contribution in [0.2, 0.25) is 0 Å². The molecule has 4 aromatic rings. The van der Waals surface area contributed by atoms with Gasteiger partial charge in [0, 0.05) is 31.1 Å². The summed E-state index contributed by atoms with van der Waals surface area (Å²) in [5.41, 5.74) is 4.11. The van der Waals surface area contributed by atoms with Crippen molar-refractivity contribution in [2.75, 3.05) is 13.1 Å². The predicted molar refractivity (Wildman–Crippen MR) is 107 cm³/mol. The Morgan fingerprint density at radius 2 is 2.04 bits per heavy atom. The highest BCUT2D eigenvalue weighted by Gasteiger charge is 2.14. The van der Waals surface area contributed by atoms with Crippen LogP contribution in [0.5, 0.6) is 0 Å². The van der Waals surface area contributed by atoms with E-state index in [2.05, 4.69) is 28.1 Å². The summed E-state index contributed by atoms with van der Waals surface area (Å²) in [7, 11) is 0. The molecular weight excluding hydrogens is 338 g/mol. The van der Waals surface area contributed by atoms with Crippen LogP contribution in [-0.4, -0.2) is 43.6 Å². The number of H-pyrrole nitrogens is 1. The predicted octanol–water partition coefficient (Wildman–Crippen LogP) is 3.31. The molecule has 138 valence electrons. The van der Waals surface area contributed by atoms with Gasteiger partial charge in [-0.2, -0.15) is 5.10 Å². The second-order valence-electron chi connectivity index (χ2n) is 6.76. The Morgan fingerprint density at radius 3 is 2.81 bits per heavy atom. The first kappa shape index (κ1) is 17.3. The number of hydrogen-bond donors (Lipinski definition) is 1. The van der Waals surface area contributed by atoms with E-state index in [9.17, 15) is 4.79 Å². The molecule has 0 spiro atoms. The largest absolute Gasteiger partial charge is 0.342 e. The fourth-order valence-electron chi connectivity index (χ4n) is 3.38. The standard InChI is InChI=1S/C21H23N5O/c1-3-25(12-11-19-22-18-10-6-7-15(2)21(18)23-19)20(27)14-26-13-16-8-4-5-9-17(16)24-26/h4-10,13H,3,11-12,14H2,1-2H3,(H,22,23). The van der Waals surface area contributed by atoms with Crippen LogP contribution in [0.1, 0.15) is 18.3 Å². The van der Waals surface area contributed by atoms with Crippen molar-refractivity contribution in [1.82, 2.24) is 24.6 Å². The number of nitrogens with zero attached hydrogens (tertiary/aromatic N) is 4. The molecule has 6 heteroatoms. The lowest BCUT2D eigenvalue weighted by atomic mass is 10.2. The van der Waals surface area contributed by atoms with E-state index < -0.39 is 0 Å². The number of aryl methyl sites for hydroxylation is 1. The molecule has 0 bridgehead atoms. The number of imidazole rings is 1. The van der Waals surface area contributed by atoms with Crippen molar-refractivity contribution in [3.05, 3.63) is 60.0 Å². The van der Waals surface area contributed by atoms with Crippen molar-refractivity contribution in [2.45, 2.75) is 26.8 Å². The Hall–Kier alpha value is -3.15. The lowest BCUT2D eigenvalue weighted by Gasteiger charge is -2.20. The average molecular weight is 361 g/mol. The number of para-hydroxylation sites is 1. The normalized spacial score (nSPS) is 11.3. The third-order valence-corrected chi connectivity index (χ3v) is 4.87. The fourth-order valence-corrected chi connectivity index (χ4v) is 3.38. The van der Waals surface area contributed by atoms with Gasteiger partial charge in [-0.1, -0.05) is 30.3 Å². The molecule has 0 fully saturated rings. The zero-order valence-corrected chi connectivity index (χ0v) is 15.6. The molecule has 0 aliphatic heterocycles. The number of hydrogen-bond acceptors (Lipinski definition) is 3. The Bertz CT molecular complexity index is 1060. The van der Waals surface area contributed by atoms with Gasteiger partial charge in [0.2, 0.25) is 5.91 Å². The molecule has 2 aromatic heterocycles. The molecule has 0 saturated carbocycles. The molecule has 0 aliphatic rings. The Kier molecular flexibility index (Phi) is 4.62. The summed E-state index contributed by atoms with van der Waals surface area (Å²) in [4.78, 5) is 22.6. The SMILES string of the molecule is CCN(CCc1nc2c(C)cccc2[nH]1)C(=O)Cn1cc2ccccc2n1. The number of rotatable bonds is 6. The summed E-state index contributed by atoms with van der Waals surface area (Å²) < 4.78 is 1.72. The van der Waals surface area contributed by atoms with E-state index in [-0.39, 0.29) is 12.5 Å². The number of nitrogens with one attached hydrogen (secondary N) is 1. The highest BCUT2D eigenvalue weighted by molar-refractivity contribution is 5.80. The molecule has 0 aliphatic carbocycles. The Labute approximate surface area is 157 Å². The van der Waals surface area contributed by atoms with E-state index >= 15 is 0 Å². The number of carbonyl (C=O) groups is 1. The third-order valence-electron chi connectivity index (χ3n) is 4.87. The van der Waals surface area contributed by atoms with Crippen LogP contribution in [0.15, 0.2) is 48.7 Å². The number of amides is 1. The van der Waals surface area contributed by atoms with Crippen molar-refractivity contribution in [3.63, 3.8) is 0 Å². The maximum atomic E-state index is 12.7. The van der Waals surface area contributed by atoms with Gasteiger partial charge in [0.05, 0.1) is 16.6 Å². The van der Waals surface area contributed by atoms with Crippen LogP contribution >= 0.6 is 0 Å². The average Bonchev–Trinajstić information content (AvgIpc) is 3.26. The number of carbonyl (C=O) groups excluding carboxylic acids is 1. The smallest absolute Gasteiger partial charge is 0.244 e. The van der Waals surface area contributed by atoms with Crippen molar-refractivity contribution >= 4 is 27.8 Å². The fraction of sp³-hybridized carbons (Fsp3) is 0.286. The van der Waals surface area contributed by atoms with E-state index in [0.717, 1.165) is 33.3 Å². The third kappa shape index (κ3) is 3.56. The quantitative estimate of drug-likeness (QED) is 0.573. The summed E-state index contributed by atoms with van der Waals surface area (Å²) in [6.07, 6.45) is 2.62. The summed E-state index contributed by atoms with van der Waals surface area (Å²) >= 11 is 0. The zero-order chi connectivity index (χ0) is 18.8. The molecule has 0 saturated heterocycles. The van der Waals surface area contributed by atoms with Gasteiger partial charge in [0.25, 0.3) is 0 Å². The van der Waals surface area contributed by atoms with Crippen molar-refractivity contribution in [2.24, 2.45) is 0 Å². The van der Waals surface area contributed by atoms with Gasteiger partial charge in [0.15, 0.2) is 0 Å². The van der Waals surface area contributed by atoms with E-state index in [1.54, 1.807) is 4.68 Å². The molecule has 2 aromatic carbocycles. The van der Waals surface area contributed by atoms with E-state index in [4.69, 9.17) is 0 Å². The monoisotopic (exact) mass is 361 g/mol. The maximum Gasteiger partial charge on any atom is 0.244 e. The van der Waals surface area contributed by atoms with Gasteiger partial charge in [-0.3, -0.25) is 9.48 Å². The molecule has 1 N–H and O–H groups in total. The molecule has 0 atom stereocenters. The van der Waals surface area contributed by atoms with Gasteiger partial charge < -0.3 is 9.88 Å². The van der Waals surface area contributed by atoms with Gasteiger partial charge in [-0.25, -0.2) is 4.98 Å². The first-order chi connectivity index (χ1) is 13.1. The molecule has 0 unspecified atom stereocenters. The van der Waals surface area contributed by atoms with Gasteiger partial charge in [-0.15, -0.1) is 0 Å². The number of fused-ring (bicyclic) bond motifs is 2. The highest BCUT2D eigenvalue weighted by Crippen LogP contribution is 2.16. The minimum Gasteiger partial charge on any atom is -0.342 e.